The van der Waals surface area contributed by atoms with E-state index in [0.29, 0.717) is 37.6 Å². The van der Waals surface area contributed by atoms with Gasteiger partial charge in [-0.05, 0) is 36.4 Å². The van der Waals surface area contributed by atoms with E-state index in [1.54, 1.807) is 25.2 Å². The van der Waals surface area contributed by atoms with Crippen molar-refractivity contribution in [3.05, 3.63) is 60.7 Å². The lowest BCUT2D eigenvalue weighted by molar-refractivity contribution is 0.208. The summed E-state index contributed by atoms with van der Waals surface area (Å²) in [6.07, 6.45) is 0. The predicted molar refractivity (Wildman–Crippen MR) is 120 cm³/mol. The molecule has 1 N–H and O–H groups in total. The Morgan fingerprint density at radius 2 is 1.71 bits per heavy atom. The molecule has 0 bridgehead atoms. The summed E-state index contributed by atoms with van der Waals surface area (Å²) >= 11 is 0. The normalized spacial score (nSPS) is 13.6. The largest absolute Gasteiger partial charge is 0.497 e. The number of rotatable bonds is 5. The van der Waals surface area contributed by atoms with Gasteiger partial charge in [0.1, 0.15) is 11.5 Å². The average Bonchev–Trinajstić information content (AvgIpc) is 2.84. The zero-order valence-electron chi connectivity index (χ0n) is 17.6. The number of ether oxygens (including phenoxy) is 2. The number of hydrogen-bond acceptors (Lipinski definition) is 6. The van der Waals surface area contributed by atoms with Crippen LogP contribution in [0, 0.1) is 0 Å². The minimum Gasteiger partial charge on any atom is -0.497 e. The summed E-state index contributed by atoms with van der Waals surface area (Å²) in [5.41, 5.74) is 2.38. The lowest BCUT2D eigenvalue weighted by Gasteiger charge is -2.35. The molecule has 0 radical (unpaired) electrons. The lowest BCUT2D eigenvalue weighted by atomic mass is 10.1. The Morgan fingerprint density at radius 1 is 0.903 bits per heavy atom. The van der Waals surface area contributed by atoms with Gasteiger partial charge in [-0.25, -0.2) is 4.79 Å². The van der Waals surface area contributed by atoms with Crippen molar-refractivity contribution in [2.75, 3.05) is 50.6 Å². The first-order chi connectivity index (χ1) is 15.2. The predicted octanol–water partition coefficient (Wildman–Crippen LogP) is 3.51. The van der Waals surface area contributed by atoms with E-state index in [1.807, 2.05) is 54.6 Å². The van der Waals surface area contributed by atoms with Gasteiger partial charge in [0.25, 0.3) is 0 Å². The second-order valence-electron chi connectivity index (χ2n) is 7.11. The Balaban J connectivity index is 1.35. The SMILES string of the molecule is COc1cccc(NC(=O)N2CCN(c3ccc(-c4ccccc4OC)nn3)CC2)c1. The minimum absolute atomic E-state index is 0.120. The maximum atomic E-state index is 12.6. The van der Waals surface area contributed by atoms with Crippen LogP contribution in [0.3, 0.4) is 0 Å². The highest BCUT2D eigenvalue weighted by molar-refractivity contribution is 5.89. The molecule has 0 saturated carbocycles. The fraction of sp³-hybridized carbons (Fsp3) is 0.261. The van der Waals surface area contributed by atoms with Gasteiger partial charge in [-0.3, -0.25) is 0 Å². The summed E-state index contributed by atoms with van der Waals surface area (Å²) in [4.78, 5) is 16.5. The molecule has 2 aromatic carbocycles. The number of hydrogen-bond donors (Lipinski definition) is 1. The fourth-order valence-electron chi connectivity index (χ4n) is 3.54. The summed E-state index contributed by atoms with van der Waals surface area (Å²) in [5.74, 6) is 2.27. The fourth-order valence-corrected chi connectivity index (χ4v) is 3.54. The van der Waals surface area contributed by atoms with E-state index < -0.39 is 0 Å². The molecule has 8 heteroatoms. The second kappa shape index (κ2) is 9.34. The van der Waals surface area contributed by atoms with Crippen LogP contribution in [-0.4, -0.2) is 61.5 Å². The topological polar surface area (TPSA) is 79.8 Å². The molecule has 4 rings (SSSR count). The van der Waals surface area contributed by atoms with E-state index in [2.05, 4.69) is 20.4 Å². The van der Waals surface area contributed by atoms with Crippen LogP contribution in [0.1, 0.15) is 0 Å². The molecular weight excluding hydrogens is 394 g/mol. The van der Waals surface area contributed by atoms with Crippen LogP contribution in [-0.2, 0) is 0 Å². The van der Waals surface area contributed by atoms with E-state index in [9.17, 15) is 4.79 Å². The third-order valence-corrected chi connectivity index (χ3v) is 5.25. The molecule has 1 saturated heterocycles. The third-order valence-electron chi connectivity index (χ3n) is 5.25. The Morgan fingerprint density at radius 3 is 2.42 bits per heavy atom. The minimum atomic E-state index is -0.120. The summed E-state index contributed by atoms with van der Waals surface area (Å²) in [5, 5.41) is 11.7. The molecule has 0 atom stereocenters. The number of carbonyl (C=O) groups is 1. The standard InChI is InChI=1S/C23H25N5O3/c1-30-18-7-5-6-17(16-18)24-23(29)28-14-12-27(13-15-28)22-11-10-20(25-26-22)19-8-3-4-9-21(19)31-2/h3-11,16H,12-15H2,1-2H3,(H,24,29). The number of nitrogens with one attached hydrogen (secondary N) is 1. The number of carbonyl (C=O) groups excluding carboxylic acids is 1. The van der Waals surface area contributed by atoms with Crippen LogP contribution < -0.4 is 19.7 Å². The second-order valence-corrected chi connectivity index (χ2v) is 7.11. The Kier molecular flexibility index (Phi) is 6.16. The van der Waals surface area contributed by atoms with Gasteiger partial charge in [-0.15, -0.1) is 10.2 Å². The van der Waals surface area contributed by atoms with Crippen molar-refractivity contribution in [2.45, 2.75) is 0 Å². The molecule has 0 aliphatic carbocycles. The zero-order valence-corrected chi connectivity index (χ0v) is 17.6. The van der Waals surface area contributed by atoms with Crippen molar-refractivity contribution in [1.82, 2.24) is 15.1 Å². The average molecular weight is 419 g/mol. The molecular formula is C23H25N5O3. The highest BCUT2D eigenvalue weighted by atomic mass is 16.5. The first-order valence-corrected chi connectivity index (χ1v) is 10.1. The van der Waals surface area contributed by atoms with Gasteiger partial charge < -0.3 is 24.6 Å². The van der Waals surface area contributed by atoms with Crippen LogP contribution >= 0.6 is 0 Å². The molecule has 1 aliphatic heterocycles. The molecule has 1 aliphatic rings. The summed E-state index contributed by atoms with van der Waals surface area (Å²) in [7, 11) is 3.25. The smallest absolute Gasteiger partial charge is 0.321 e. The lowest BCUT2D eigenvalue weighted by Crippen LogP contribution is -2.50. The molecule has 8 nitrogen and oxygen atoms in total. The van der Waals surface area contributed by atoms with E-state index >= 15 is 0 Å². The van der Waals surface area contributed by atoms with E-state index in [4.69, 9.17) is 9.47 Å². The molecule has 2 amide bonds. The number of anilines is 2. The number of piperazine rings is 1. The molecule has 0 spiro atoms. The van der Waals surface area contributed by atoms with Crippen LogP contribution in [0.2, 0.25) is 0 Å². The Labute approximate surface area is 181 Å². The van der Waals surface area contributed by atoms with Gasteiger partial charge in [0.05, 0.1) is 19.9 Å². The molecule has 160 valence electrons. The van der Waals surface area contributed by atoms with E-state index in [0.717, 1.165) is 22.8 Å². The monoisotopic (exact) mass is 419 g/mol. The molecule has 0 unspecified atom stereocenters. The molecule has 1 fully saturated rings. The maximum absolute atomic E-state index is 12.6. The number of urea groups is 1. The van der Waals surface area contributed by atoms with Gasteiger partial charge in [0.15, 0.2) is 5.82 Å². The number of aromatic nitrogens is 2. The van der Waals surface area contributed by atoms with Crippen LogP contribution in [0.5, 0.6) is 11.5 Å². The van der Waals surface area contributed by atoms with Gasteiger partial charge in [0, 0.05) is 43.5 Å². The van der Waals surface area contributed by atoms with Crippen molar-refractivity contribution in [3.63, 3.8) is 0 Å². The van der Waals surface area contributed by atoms with E-state index in [1.165, 1.54) is 0 Å². The molecule has 3 aromatic rings. The van der Waals surface area contributed by atoms with Crippen LogP contribution in [0.4, 0.5) is 16.3 Å². The number of amides is 2. The number of benzene rings is 2. The highest BCUT2D eigenvalue weighted by Gasteiger charge is 2.22. The van der Waals surface area contributed by atoms with Crippen molar-refractivity contribution in [1.29, 1.82) is 0 Å². The highest BCUT2D eigenvalue weighted by Crippen LogP contribution is 2.28. The number of methoxy groups -OCH3 is 2. The van der Waals surface area contributed by atoms with Crippen LogP contribution in [0.25, 0.3) is 11.3 Å². The first kappa shape index (κ1) is 20.5. The number of nitrogens with zero attached hydrogens (tertiary/aromatic N) is 4. The quantitative estimate of drug-likeness (QED) is 0.682. The van der Waals surface area contributed by atoms with Crippen molar-refractivity contribution < 1.29 is 14.3 Å². The molecule has 1 aromatic heterocycles. The van der Waals surface area contributed by atoms with Gasteiger partial charge in [0.2, 0.25) is 0 Å². The first-order valence-electron chi connectivity index (χ1n) is 10.1. The van der Waals surface area contributed by atoms with Gasteiger partial charge >= 0.3 is 6.03 Å². The van der Waals surface area contributed by atoms with Gasteiger partial charge in [-0.1, -0.05) is 18.2 Å². The Hall–Kier alpha value is -3.81. The third kappa shape index (κ3) is 4.69. The summed E-state index contributed by atoms with van der Waals surface area (Å²) < 4.78 is 10.6. The number of para-hydroxylation sites is 1. The van der Waals surface area contributed by atoms with Crippen LogP contribution in [0.15, 0.2) is 60.7 Å². The van der Waals surface area contributed by atoms with Crippen molar-refractivity contribution in [2.24, 2.45) is 0 Å². The van der Waals surface area contributed by atoms with Gasteiger partial charge in [-0.2, -0.15) is 0 Å². The zero-order chi connectivity index (χ0) is 21.6. The summed E-state index contributed by atoms with van der Waals surface area (Å²) in [6.45, 7) is 2.58. The van der Waals surface area contributed by atoms with Crippen molar-refractivity contribution in [3.8, 4) is 22.8 Å². The summed E-state index contributed by atoms with van der Waals surface area (Å²) in [6, 6.07) is 18.9. The van der Waals surface area contributed by atoms with Crippen molar-refractivity contribution >= 4 is 17.5 Å². The molecule has 31 heavy (non-hydrogen) atoms. The molecule has 2 heterocycles. The van der Waals surface area contributed by atoms with E-state index in [-0.39, 0.29) is 6.03 Å². The maximum Gasteiger partial charge on any atom is 0.321 e. The Bertz CT molecular complexity index is 1030.